The van der Waals surface area contributed by atoms with Crippen molar-refractivity contribution in [1.82, 2.24) is 0 Å². The molecule has 2 unspecified atom stereocenters. The van der Waals surface area contributed by atoms with Crippen LogP contribution >= 0.6 is 68.4 Å². The SMILES string of the molecule is NCC(N)CCC(C(C(=O)O)(C(=O)O)C(=O)O)P(=O)(O)O.O=P(O)(O)CP(=O)(O)O.O=P(O)(O)CP(=O)(O)O.O=P(O)(O)CP(=O)(O)O.O=P(O)(O)CP(=O)(O)O. The van der Waals surface area contributed by atoms with E-state index in [2.05, 4.69) is 0 Å². The van der Waals surface area contributed by atoms with Crippen molar-refractivity contribution < 1.29 is 159 Å². The van der Waals surface area contributed by atoms with Crippen molar-refractivity contribution in [3.63, 3.8) is 0 Å². The van der Waals surface area contributed by atoms with Gasteiger partial charge in [-0.05, 0) is 12.8 Å². The molecule has 0 aromatic heterocycles. The Morgan fingerprint density at radius 1 is 0.404 bits per heavy atom. The number of carbonyl (C=O) groups is 3. The number of rotatable bonds is 17. The molecule has 25 N–H and O–H groups in total. The molecule has 0 aromatic carbocycles. The number of aliphatic carboxylic acids is 3. The van der Waals surface area contributed by atoms with E-state index in [1.807, 2.05) is 0 Å². The van der Waals surface area contributed by atoms with Crippen molar-refractivity contribution in [2.45, 2.75) is 24.5 Å². The summed E-state index contributed by atoms with van der Waals surface area (Å²) in [6, 6.07) is -0.784. The molecule has 44 heteroatoms. The zero-order valence-corrected chi connectivity index (χ0v) is 35.6. The largest absolute Gasteiger partial charge is 0.480 e. The molecule has 0 rings (SSSR count). The van der Waals surface area contributed by atoms with Gasteiger partial charge in [0, 0.05) is 12.6 Å². The van der Waals surface area contributed by atoms with E-state index < -0.39 is 133 Å². The van der Waals surface area contributed by atoms with Gasteiger partial charge in [0.05, 0.1) is 5.66 Å². The van der Waals surface area contributed by atoms with Crippen molar-refractivity contribution in [2.24, 2.45) is 16.9 Å². The summed E-state index contributed by atoms with van der Waals surface area (Å²) < 4.78 is 90.2. The second kappa shape index (κ2) is 25.0. The third-order valence-corrected chi connectivity index (χ3v) is 17.8. The fraction of sp³-hybridized carbons (Fsp3) is 0.769. The predicted molar refractivity (Wildman–Crippen MR) is 183 cm³/mol. The number of hydrogen-bond donors (Lipinski definition) is 23. The molecule has 57 heavy (non-hydrogen) atoms. The molecular weight excluding hydrogens is 991 g/mol. The Bertz CT molecular complexity index is 1460. The highest BCUT2D eigenvalue weighted by Gasteiger charge is 2.65. The maximum Gasteiger partial charge on any atom is 0.337 e. The predicted octanol–water partition coefficient (Wildman–Crippen LogP) is -4.96. The van der Waals surface area contributed by atoms with Gasteiger partial charge in [-0.1, -0.05) is 0 Å². The first-order valence-electron chi connectivity index (χ1n) is 12.8. The van der Waals surface area contributed by atoms with Crippen LogP contribution in [0.1, 0.15) is 12.8 Å². The van der Waals surface area contributed by atoms with E-state index in [1.54, 1.807) is 0 Å². The molecule has 0 radical (unpaired) electrons. The van der Waals surface area contributed by atoms with Gasteiger partial charge >= 0.3 is 86.3 Å². The maximum absolute atomic E-state index is 11.4. The normalized spacial score (nSPS) is 14.3. The molecule has 0 spiro atoms. The van der Waals surface area contributed by atoms with Crippen LogP contribution in [0.2, 0.25) is 0 Å². The summed E-state index contributed by atoms with van der Waals surface area (Å²) in [5.41, 5.74) is 4.45. The molecule has 0 saturated heterocycles. The highest BCUT2D eigenvalue weighted by atomic mass is 31.3. The fourth-order valence-electron chi connectivity index (χ4n) is 2.79. The van der Waals surface area contributed by atoms with Crippen LogP contribution in [0, 0.1) is 5.41 Å². The van der Waals surface area contributed by atoms with Gasteiger partial charge in [0.2, 0.25) is 0 Å². The van der Waals surface area contributed by atoms with Crippen molar-refractivity contribution in [1.29, 1.82) is 0 Å². The summed E-state index contributed by atoms with van der Waals surface area (Å²) >= 11 is 0. The van der Waals surface area contributed by atoms with E-state index in [1.165, 1.54) is 0 Å². The van der Waals surface area contributed by atoms with E-state index in [0.717, 1.165) is 0 Å². The summed E-state index contributed by atoms with van der Waals surface area (Å²) in [6.07, 6.45) is -0.977. The lowest BCUT2D eigenvalue weighted by molar-refractivity contribution is -0.176. The Labute approximate surface area is 316 Å². The molecule has 346 valence electrons. The average molecular weight is 1030 g/mol. The topological polar surface area (TPSA) is 682 Å². The molecule has 0 bridgehead atoms. The Kier molecular flexibility index (Phi) is 28.8. The first kappa shape index (κ1) is 65.8. The Balaban J connectivity index is -0.000000212. The minimum Gasteiger partial charge on any atom is -0.480 e. The summed E-state index contributed by atoms with van der Waals surface area (Å²) in [5, 5.41) is 26.9. The van der Waals surface area contributed by atoms with Gasteiger partial charge in [-0.2, -0.15) is 0 Å². The van der Waals surface area contributed by atoms with Crippen molar-refractivity contribution in [3.8, 4) is 0 Å². The lowest BCUT2D eigenvalue weighted by Gasteiger charge is -2.30. The zero-order chi connectivity index (χ0) is 47.8. The third-order valence-electron chi connectivity index (χ3n) is 4.51. The van der Waals surface area contributed by atoms with Crippen LogP contribution in [0.4, 0.5) is 0 Å². The van der Waals surface area contributed by atoms with Crippen LogP contribution in [0.15, 0.2) is 0 Å². The summed E-state index contributed by atoms with van der Waals surface area (Å²) in [7, 11) is -41.8. The Morgan fingerprint density at radius 2 is 0.579 bits per heavy atom. The lowest BCUT2D eigenvalue weighted by atomic mass is 9.81. The molecule has 0 saturated carbocycles. The molecule has 35 nitrogen and oxygen atoms in total. The fourth-order valence-corrected chi connectivity index (χ4v) is 11.8. The minimum absolute atomic E-state index is 0.103. The van der Waals surface area contributed by atoms with Crippen molar-refractivity contribution >= 4 is 86.3 Å². The van der Waals surface area contributed by atoms with E-state index in [0.29, 0.717) is 0 Å². The molecule has 0 amide bonds. The highest BCUT2D eigenvalue weighted by Crippen LogP contribution is 2.54. The molecule has 0 fully saturated rings. The van der Waals surface area contributed by atoms with E-state index in [4.69, 9.17) is 105 Å². The first-order valence-corrected chi connectivity index (χ1v) is 28.9. The Morgan fingerprint density at radius 3 is 0.667 bits per heavy atom. The molecule has 0 aromatic rings. The van der Waals surface area contributed by atoms with E-state index in [9.17, 15) is 65.3 Å². The molecule has 2 atom stereocenters. The number of carboxylic acids is 3. The summed E-state index contributed by atoms with van der Waals surface area (Å²) in [6.45, 7) is -0.103. The monoisotopic (exact) mass is 1030 g/mol. The smallest absolute Gasteiger partial charge is 0.337 e. The average Bonchev–Trinajstić information content (AvgIpc) is 2.77. The number of carboxylic acid groups (broad SMARTS) is 3. The standard InChI is InChI=1S/C9H17N2O9P.4CH6O6P2/c10-3-4(11)1-2-5(21(18,19)20)9(6(12)13,7(14)15)8(16)17;4*2-8(3,4)1-9(5,6)7/h4-5H,1-3,10-11H2,(H,12,13)(H,14,15)(H,16,17)(H2,18,19,20);4*1H2,(H2,2,3,4)(H2,5,6,7). The molecular formula is C13H41N2O33P9. The highest BCUT2D eigenvalue weighted by molar-refractivity contribution is 7.70. The van der Waals surface area contributed by atoms with Gasteiger partial charge in [-0.25, -0.2) is 0 Å². The molecule has 0 aliphatic heterocycles. The minimum atomic E-state index is -5.36. The van der Waals surface area contributed by atoms with E-state index in [-0.39, 0.29) is 13.0 Å². The van der Waals surface area contributed by atoms with Gasteiger partial charge in [0.1, 0.15) is 0 Å². The van der Waals surface area contributed by atoms with Gasteiger partial charge in [-0.15, -0.1) is 0 Å². The van der Waals surface area contributed by atoms with Crippen LogP contribution in [-0.2, 0) is 55.5 Å². The van der Waals surface area contributed by atoms with Crippen LogP contribution in [0.5, 0.6) is 0 Å². The van der Waals surface area contributed by atoms with E-state index >= 15 is 0 Å². The van der Waals surface area contributed by atoms with Crippen LogP contribution in [-0.4, -0.2) is 163 Å². The van der Waals surface area contributed by atoms with Gasteiger partial charge in [0.15, 0.2) is 23.6 Å². The van der Waals surface area contributed by atoms with Gasteiger partial charge < -0.3 is 115 Å². The lowest BCUT2D eigenvalue weighted by Crippen LogP contribution is -2.55. The molecule has 0 heterocycles. The van der Waals surface area contributed by atoms with Crippen molar-refractivity contribution in [2.75, 3.05) is 30.2 Å². The maximum atomic E-state index is 11.4. The van der Waals surface area contributed by atoms with Crippen LogP contribution in [0.3, 0.4) is 0 Å². The Hall–Kier alpha value is -0.320. The second-order valence-corrected chi connectivity index (χ2v) is 27.2. The first-order chi connectivity index (χ1) is 24.2. The summed E-state index contributed by atoms with van der Waals surface area (Å²) in [5.74, 6) is -12.6. The quantitative estimate of drug-likeness (QED) is 0.0479. The van der Waals surface area contributed by atoms with Crippen LogP contribution in [0.25, 0.3) is 0 Å². The summed E-state index contributed by atoms with van der Waals surface area (Å²) in [4.78, 5) is 179. The van der Waals surface area contributed by atoms with Crippen molar-refractivity contribution in [3.05, 3.63) is 0 Å². The number of nitrogens with two attached hydrogens (primary N) is 2. The molecule has 0 aliphatic carbocycles. The molecule has 0 aliphatic rings. The second-order valence-electron chi connectivity index (χ2n) is 10.3. The third kappa shape index (κ3) is 43.6. The van der Waals surface area contributed by atoms with Gasteiger partial charge in [0.25, 0.3) is 5.41 Å². The van der Waals surface area contributed by atoms with Crippen LogP contribution < -0.4 is 11.5 Å². The zero-order valence-electron chi connectivity index (χ0n) is 27.6. The van der Waals surface area contributed by atoms with Gasteiger partial charge in [-0.3, -0.25) is 55.5 Å². The number of hydrogen-bond acceptors (Lipinski definition) is 14.